The van der Waals surface area contributed by atoms with Crippen LogP contribution in [-0.2, 0) is 20.4 Å². The van der Waals surface area contributed by atoms with Gasteiger partial charge in [0.25, 0.3) is 0 Å². The van der Waals surface area contributed by atoms with E-state index in [2.05, 4.69) is 48.8 Å². The topological polar surface area (TPSA) is 86.6 Å². The Bertz CT molecular complexity index is 1750. The summed E-state index contributed by atoms with van der Waals surface area (Å²) < 4.78 is 28.2. The van der Waals surface area contributed by atoms with Crippen molar-refractivity contribution in [1.29, 1.82) is 0 Å². The summed E-state index contributed by atoms with van der Waals surface area (Å²) in [7, 11) is 3.51. The first-order valence-corrected chi connectivity index (χ1v) is 15.3. The molecule has 2 aliphatic carbocycles. The molecule has 0 bridgehead atoms. The smallest absolute Gasteiger partial charge is 1.00 e. The van der Waals surface area contributed by atoms with E-state index in [1.807, 2.05) is 0 Å². The van der Waals surface area contributed by atoms with E-state index in [1.165, 1.54) is 12.1 Å². The van der Waals surface area contributed by atoms with Gasteiger partial charge in [-0.2, -0.15) is 0 Å². The average molecular weight is 724 g/mol. The number of rotatable bonds is 0. The fraction of sp³-hybridized carbons (Fsp3) is 0.355. The maximum Gasteiger partial charge on any atom is 1.00 e. The summed E-state index contributed by atoms with van der Waals surface area (Å²) in [5.41, 5.74) is 3.53. The maximum atomic E-state index is 13.7. The van der Waals surface area contributed by atoms with Crippen LogP contribution in [0.2, 0.25) is 0 Å². The van der Waals surface area contributed by atoms with Crippen LogP contribution < -0.4 is 39.4 Å². The van der Waals surface area contributed by atoms with Gasteiger partial charge in [-0.25, -0.2) is 8.78 Å². The predicted molar refractivity (Wildman–Crippen MR) is 164 cm³/mol. The normalized spacial score (nSPS) is 26.7. The van der Waals surface area contributed by atoms with Crippen molar-refractivity contribution >= 4 is 76.9 Å². The molecule has 2 amide bonds. The van der Waals surface area contributed by atoms with E-state index in [-0.39, 0.29) is 54.4 Å². The first kappa shape index (κ1) is 31.0. The van der Waals surface area contributed by atoms with Crippen LogP contribution in [0.4, 0.5) is 20.2 Å². The molecule has 4 aliphatic rings. The Morgan fingerprint density at radius 1 is 0.814 bits per heavy atom. The Hall–Kier alpha value is -2.02. The van der Waals surface area contributed by atoms with Crippen molar-refractivity contribution in [3.05, 3.63) is 68.4 Å². The fourth-order valence-corrected chi connectivity index (χ4v) is 8.26. The molecule has 12 heteroatoms. The zero-order valence-corrected chi connectivity index (χ0v) is 29.2. The van der Waals surface area contributed by atoms with Gasteiger partial charge in [-0.05, 0) is 75.6 Å². The molecular weight excluding hydrogens is 697 g/mol. The second-order valence-corrected chi connectivity index (χ2v) is 13.8. The Labute approximate surface area is 287 Å². The fourth-order valence-electron chi connectivity index (χ4n) is 7.57. The minimum atomic E-state index is -0.679. The number of benzene rings is 2. The molecule has 2 spiro atoms. The molecule has 43 heavy (non-hydrogen) atoms. The number of fused-ring (bicyclic) bond motifs is 8. The van der Waals surface area contributed by atoms with Crippen molar-refractivity contribution in [3.63, 3.8) is 0 Å². The molecule has 0 radical (unpaired) electrons. The summed E-state index contributed by atoms with van der Waals surface area (Å²) in [5, 5.41) is 11.4. The van der Waals surface area contributed by atoms with Gasteiger partial charge in [-0.15, -0.1) is 0 Å². The van der Waals surface area contributed by atoms with Crippen molar-refractivity contribution in [3.8, 4) is 0 Å². The molecule has 0 unspecified atom stereocenters. The van der Waals surface area contributed by atoms with E-state index < -0.39 is 16.9 Å². The van der Waals surface area contributed by atoms with Crippen LogP contribution in [0.5, 0.6) is 0 Å². The summed E-state index contributed by atoms with van der Waals surface area (Å²) >= 11 is 6.44. The summed E-state index contributed by atoms with van der Waals surface area (Å²) in [6.07, 6.45) is 5.40. The number of anilines is 2. The van der Waals surface area contributed by atoms with E-state index in [0.29, 0.717) is 38.7 Å². The molecule has 2 aromatic heterocycles. The number of hydrogen-bond acceptors (Lipinski definition) is 5. The quantitative estimate of drug-likeness (QED) is 0.282. The number of carbonyl (C=O) groups excluding carboxylic acids is 2. The van der Waals surface area contributed by atoms with Crippen molar-refractivity contribution in [1.82, 2.24) is 9.97 Å². The molecule has 2 aromatic carbocycles. The third-order valence-corrected chi connectivity index (χ3v) is 10.7. The van der Waals surface area contributed by atoms with Crippen LogP contribution in [0.3, 0.4) is 0 Å². The van der Waals surface area contributed by atoms with Crippen molar-refractivity contribution in [2.75, 3.05) is 23.9 Å². The van der Waals surface area contributed by atoms with Crippen LogP contribution in [0.15, 0.2) is 45.6 Å². The van der Waals surface area contributed by atoms with E-state index in [1.54, 1.807) is 48.4 Å². The predicted octanol–water partition coefficient (Wildman–Crippen LogP) is 3.40. The number of halogens is 4. The van der Waals surface area contributed by atoms with Gasteiger partial charge >= 0.3 is 29.6 Å². The van der Waals surface area contributed by atoms with Gasteiger partial charge in [-0.3, -0.25) is 19.6 Å². The third kappa shape index (κ3) is 4.29. The number of pyridine rings is 2. The second kappa shape index (κ2) is 10.5. The summed E-state index contributed by atoms with van der Waals surface area (Å²) in [6.45, 7) is 2.16. The monoisotopic (exact) mass is 722 g/mol. The first-order valence-electron chi connectivity index (χ1n) is 13.7. The number of aliphatic hydroxyl groups is 1. The van der Waals surface area contributed by atoms with Crippen LogP contribution in [0, 0.1) is 17.6 Å². The van der Waals surface area contributed by atoms with Crippen LogP contribution in [0.1, 0.15) is 45.2 Å². The van der Waals surface area contributed by atoms with E-state index in [0.717, 1.165) is 46.1 Å². The number of carbonyl (C=O) groups is 2. The van der Waals surface area contributed by atoms with Gasteiger partial charge < -0.3 is 16.3 Å². The number of aliphatic hydroxyl groups excluding tert-OH is 1. The zero-order valence-electron chi connectivity index (χ0n) is 25.0. The Morgan fingerprint density at radius 3 is 1.58 bits per heavy atom. The minimum Gasteiger partial charge on any atom is -1.00 e. The molecule has 2 fully saturated rings. The molecular formula is C31H27Br2F2N4NaO3. The van der Waals surface area contributed by atoms with Crippen molar-refractivity contribution in [2.24, 2.45) is 5.92 Å². The Balaban J connectivity index is 0.000000167. The second-order valence-electron chi connectivity index (χ2n) is 12.1. The number of nitrogens with zero attached hydrogens (tertiary/aromatic N) is 4. The molecule has 0 saturated heterocycles. The largest absolute Gasteiger partial charge is 1.00 e. The van der Waals surface area contributed by atoms with Gasteiger partial charge in [-0.1, -0.05) is 6.92 Å². The zero-order chi connectivity index (χ0) is 29.9. The minimum absolute atomic E-state index is 0. The molecule has 4 heterocycles. The molecule has 1 N–H and O–H groups in total. The molecule has 8 rings (SSSR count). The van der Waals surface area contributed by atoms with E-state index >= 15 is 0 Å². The van der Waals surface area contributed by atoms with E-state index in [9.17, 15) is 23.5 Å². The van der Waals surface area contributed by atoms with E-state index in [4.69, 9.17) is 0 Å². The standard InChI is InChI=1S/C16H14BrFN2O.C15H12BrFN2O2.Na.H/c1-8-5-16(6-8)14-9-3-10(17)11(18)4-12(9)19-7-13(14)20(2)15(16)21;1-19-12-6-18-11-3-10(17)9(16)2-8(11)13(12)15(14(19)21)4-7(20)5-15;;/h3-4,7-8H,5-6H2,1-2H3;2-3,6-7,20H,4-5H2,1H3;;/q;;+1;-1. The van der Waals surface area contributed by atoms with Gasteiger partial charge in [0.15, 0.2) is 0 Å². The SMILES string of the molecule is CC1CC2(C1)C(=O)N(C)c1cnc3cc(F)c(Br)cc3c12.CN1C(=O)C2(CC(O)C2)c2c1cnc1cc(F)c(Br)cc21.[H-].[Na+]. The van der Waals surface area contributed by atoms with Gasteiger partial charge in [0, 0.05) is 48.1 Å². The summed E-state index contributed by atoms with van der Waals surface area (Å²) in [5.74, 6) is -0.0396. The Morgan fingerprint density at radius 2 is 1.21 bits per heavy atom. The molecule has 218 valence electrons. The van der Waals surface area contributed by atoms with Crippen LogP contribution >= 0.6 is 31.9 Å². The molecule has 4 aromatic rings. The van der Waals surface area contributed by atoms with Crippen LogP contribution in [-0.4, -0.2) is 47.1 Å². The molecule has 2 saturated carbocycles. The number of hydrogen-bond donors (Lipinski definition) is 1. The Kier molecular flexibility index (Phi) is 7.58. The molecule has 7 nitrogen and oxygen atoms in total. The average Bonchev–Trinajstić information content (AvgIpc) is 3.27. The molecule has 0 atom stereocenters. The van der Waals surface area contributed by atoms with Gasteiger partial charge in [0.1, 0.15) is 11.6 Å². The van der Waals surface area contributed by atoms with Crippen LogP contribution in [0.25, 0.3) is 21.8 Å². The number of aromatic nitrogens is 2. The third-order valence-electron chi connectivity index (χ3n) is 9.45. The first-order chi connectivity index (χ1) is 19.9. The summed E-state index contributed by atoms with van der Waals surface area (Å²) in [4.78, 5) is 37.2. The number of amides is 2. The van der Waals surface area contributed by atoms with Gasteiger partial charge in [0.2, 0.25) is 11.8 Å². The van der Waals surface area contributed by atoms with Crippen molar-refractivity contribution < 1.29 is 54.5 Å². The summed E-state index contributed by atoms with van der Waals surface area (Å²) in [6, 6.07) is 6.23. The van der Waals surface area contributed by atoms with Crippen molar-refractivity contribution in [2.45, 2.75) is 49.5 Å². The van der Waals surface area contributed by atoms with Gasteiger partial charge in [0.05, 0.1) is 60.7 Å². The molecule has 2 aliphatic heterocycles. The maximum absolute atomic E-state index is 13.7. The number of likely N-dealkylation sites (N-methyl/N-ethyl adjacent to an activating group) is 2.